The minimum Gasteiger partial charge on any atom is -0.465 e. The molecule has 28 heavy (non-hydrogen) atoms. The molecule has 2 unspecified atom stereocenters. The highest BCUT2D eigenvalue weighted by molar-refractivity contribution is 7.47. The Morgan fingerprint density at radius 3 is 2.07 bits per heavy atom. The minimum atomic E-state index is -4.09. The molecule has 0 fully saturated rings. The van der Waals surface area contributed by atoms with Gasteiger partial charge in [0.15, 0.2) is 0 Å². The third kappa shape index (κ3) is 18.9. The van der Waals surface area contributed by atoms with E-state index in [0.717, 1.165) is 19.3 Å². The Morgan fingerprint density at radius 2 is 1.54 bits per heavy atom. The van der Waals surface area contributed by atoms with Crippen LogP contribution in [0.15, 0.2) is 0 Å². The van der Waals surface area contributed by atoms with E-state index >= 15 is 0 Å². The van der Waals surface area contributed by atoms with Crippen molar-refractivity contribution in [3.63, 3.8) is 0 Å². The van der Waals surface area contributed by atoms with Crippen molar-refractivity contribution < 1.29 is 32.5 Å². The lowest BCUT2D eigenvalue weighted by molar-refractivity contribution is -0.870. The molecule has 0 aliphatic heterocycles. The van der Waals surface area contributed by atoms with Crippen LogP contribution in [0.1, 0.15) is 71.6 Å². The van der Waals surface area contributed by atoms with Crippen molar-refractivity contribution >= 4 is 13.8 Å². The molecule has 0 saturated carbocycles. The predicted molar refractivity (Wildman–Crippen MR) is 112 cm³/mol. The van der Waals surface area contributed by atoms with Gasteiger partial charge in [0.25, 0.3) is 0 Å². The molecule has 0 bridgehead atoms. The Hall–Kier alpha value is -0.460. The van der Waals surface area contributed by atoms with Gasteiger partial charge < -0.3 is 14.1 Å². The van der Waals surface area contributed by atoms with E-state index in [2.05, 4.69) is 6.92 Å². The third-order valence-corrected chi connectivity index (χ3v) is 5.46. The van der Waals surface area contributed by atoms with Gasteiger partial charge in [0.05, 0.1) is 34.4 Å². The van der Waals surface area contributed by atoms with Gasteiger partial charge in [-0.15, -0.1) is 0 Å². The van der Waals surface area contributed by atoms with E-state index in [-0.39, 0.29) is 31.7 Å². The maximum atomic E-state index is 12.0. The Balaban J connectivity index is 4.18. The number of quaternary nitrogens is 1. The molecule has 168 valence electrons. The number of phosphoric acid groups is 1. The van der Waals surface area contributed by atoms with Gasteiger partial charge in [0.1, 0.15) is 13.2 Å². The summed E-state index contributed by atoms with van der Waals surface area (Å²) in [6.45, 7) is 4.56. The van der Waals surface area contributed by atoms with Gasteiger partial charge in [-0.05, 0) is 6.42 Å². The molecule has 0 aromatic rings. The number of rotatable bonds is 18. The van der Waals surface area contributed by atoms with Crippen LogP contribution in [0.3, 0.4) is 0 Å². The van der Waals surface area contributed by atoms with Crippen LogP contribution in [-0.2, 0) is 23.1 Å². The summed E-state index contributed by atoms with van der Waals surface area (Å²) in [5.41, 5.74) is 0. The van der Waals surface area contributed by atoms with Crippen molar-refractivity contribution in [3.8, 4) is 0 Å². The third-order valence-electron chi connectivity index (χ3n) is 4.48. The highest BCUT2D eigenvalue weighted by Crippen LogP contribution is 2.43. The second-order valence-corrected chi connectivity index (χ2v) is 10.00. The van der Waals surface area contributed by atoms with Gasteiger partial charge in [0.2, 0.25) is 0 Å². The summed E-state index contributed by atoms with van der Waals surface area (Å²) in [6.07, 6.45) is 10.5. The van der Waals surface area contributed by atoms with Crippen LogP contribution in [0, 0.1) is 5.92 Å². The highest BCUT2D eigenvalue weighted by Gasteiger charge is 2.25. The van der Waals surface area contributed by atoms with Gasteiger partial charge in [0, 0.05) is 12.8 Å². The fraction of sp³-hybridized carbons (Fsp3) is 0.950. The van der Waals surface area contributed by atoms with Crippen LogP contribution in [0.5, 0.6) is 0 Å². The lowest BCUT2D eigenvalue weighted by Gasteiger charge is -2.24. The van der Waals surface area contributed by atoms with E-state index in [0.29, 0.717) is 11.0 Å². The van der Waals surface area contributed by atoms with E-state index in [1.165, 1.54) is 45.4 Å². The molecule has 0 radical (unpaired) electrons. The van der Waals surface area contributed by atoms with Crippen molar-refractivity contribution in [1.29, 1.82) is 0 Å². The number of phosphoric ester groups is 1. The smallest absolute Gasteiger partial charge is 0.465 e. The number of hydrogen-bond donors (Lipinski definition) is 1. The van der Waals surface area contributed by atoms with Gasteiger partial charge in [-0.1, -0.05) is 58.3 Å². The van der Waals surface area contributed by atoms with Crippen LogP contribution in [0.25, 0.3) is 0 Å². The molecule has 0 heterocycles. The minimum absolute atomic E-state index is 0.0436. The van der Waals surface area contributed by atoms with Gasteiger partial charge >= 0.3 is 13.8 Å². The van der Waals surface area contributed by atoms with Crippen molar-refractivity contribution in [1.82, 2.24) is 0 Å². The summed E-state index contributed by atoms with van der Waals surface area (Å²) in [5.74, 6) is -0.459. The lowest BCUT2D eigenvalue weighted by Crippen LogP contribution is -2.37. The zero-order valence-corrected chi connectivity index (χ0v) is 19.5. The summed E-state index contributed by atoms with van der Waals surface area (Å²) in [4.78, 5) is 20.9. The SMILES string of the molecule is CCCCCCCCCCC(COC(C)=O)COP(=O)(O)OCC[N+](C)(C)C. The molecule has 0 spiro atoms. The second-order valence-electron chi connectivity index (χ2n) is 8.54. The molecule has 1 N–H and O–H groups in total. The van der Waals surface area contributed by atoms with Crippen LogP contribution in [-0.4, -0.2) is 62.9 Å². The molecule has 7 nitrogen and oxygen atoms in total. The molecular weight excluding hydrogens is 381 g/mol. The molecule has 0 rings (SSSR count). The molecule has 0 aliphatic rings. The maximum Gasteiger partial charge on any atom is 0.472 e. The largest absolute Gasteiger partial charge is 0.472 e. The Labute approximate surface area is 171 Å². The van der Waals surface area contributed by atoms with Crippen molar-refractivity contribution in [2.24, 2.45) is 5.92 Å². The summed E-state index contributed by atoms with van der Waals surface area (Å²) >= 11 is 0. The van der Waals surface area contributed by atoms with Crippen molar-refractivity contribution in [3.05, 3.63) is 0 Å². The zero-order chi connectivity index (χ0) is 21.5. The molecule has 0 aromatic heterocycles. The van der Waals surface area contributed by atoms with E-state index in [1.54, 1.807) is 0 Å². The molecule has 0 amide bonds. The number of hydrogen-bond acceptors (Lipinski definition) is 5. The van der Waals surface area contributed by atoms with Crippen LogP contribution < -0.4 is 0 Å². The number of unbranched alkanes of at least 4 members (excludes halogenated alkanes) is 7. The predicted octanol–water partition coefficient (Wildman–Crippen LogP) is 4.54. The van der Waals surface area contributed by atoms with E-state index < -0.39 is 7.82 Å². The standard InChI is InChI=1S/C20H42NO6P/c1-6-7-8-9-10-11-12-13-14-20(17-25-19(2)22)18-27-28(23,24)26-16-15-21(3,4)5/h20H,6-18H2,1-5H3/p+1. The van der Waals surface area contributed by atoms with Gasteiger partial charge in [-0.25, -0.2) is 4.57 Å². The van der Waals surface area contributed by atoms with Gasteiger partial charge in [-0.3, -0.25) is 13.8 Å². The average Bonchev–Trinajstić information content (AvgIpc) is 2.57. The lowest BCUT2D eigenvalue weighted by atomic mass is 10.0. The number of carbonyl (C=O) groups is 1. The molecule has 8 heteroatoms. The fourth-order valence-corrected chi connectivity index (χ4v) is 3.47. The topological polar surface area (TPSA) is 82.1 Å². The highest BCUT2D eigenvalue weighted by atomic mass is 31.2. The van der Waals surface area contributed by atoms with Gasteiger partial charge in [-0.2, -0.15) is 0 Å². The molecule has 0 aromatic carbocycles. The second kappa shape index (κ2) is 15.4. The molecule has 2 atom stereocenters. The van der Waals surface area contributed by atoms with E-state index in [1.807, 2.05) is 21.1 Å². The first-order chi connectivity index (χ1) is 13.1. The molecule has 0 saturated heterocycles. The summed E-state index contributed by atoms with van der Waals surface area (Å²) in [7, 11) is 1.84. The first kappa shape index (κ1) is 27.5. The molecular formula is C20H43NO6P+. The average molecular weight is 425 g/mol. The number of likely N-dealkylation sites (N-methyl/N-ethyl adjacent to an activating group) is 1. The number of nitrogens with zero attached hydrogens (tertiary/aromatic N) is 1. The quantitative estimate of drug-likeness (QED) is 0.151. The number of carbonyl (C=O) groups excluding carboxylic acids is 1. The van der Waals surface area contributed by atoms with Crippen molar-refractivity contribution in [2.75, 3.05) is 47.5 Å². The number of ether oxygens (including phenoxy) is 1. The summed E-state index contributed by atoms with van der Waals surface area (Å²) in [6, 6.07) is 0. The first-order valence-corrected chi connectivity index (χ1v) is 12.1. The fourth-order valence-electron chi connectivity index (χ4n) is 2.68. The monoisotopic (exact) mass is 424 g/mol. The first-order valence-electron chi connectivity index (χ1n) is 10.6. The summed E-state index contributed by atoms with van der Waals surface area (Å²) < 4.78 is 27.9. The maximum absolute atomic E-state index is 12.0. The normalized spacial score (nSPS) is 15.2. The van der Waals surface area contributed by atoms with E-state index in [9.17, 15) is 14.3 Å². The van der Waals surface area contributed by atoms with Crippen LogP contribution in [0.2, 0.25) is 0 Å². The number of esters is 1. The zero-order valence-electron chi connectivity index (χ0n) is 18.7. The Morgan fingerprint density at radius 1 is 0.964 bits per heavy atom. The molecule has 0 aliphatic carbocycles. The summed E-state index contributed by atoms with van der Waals surface area (Å²) in [5, 5.41) is 0. The van der Waals surface area contributed by atoms with Crippen LogP contribution >= 0.6 is 7.82 Å². The van der Waals surface area contributed by atoms with Crippen molar-refractivity contribution in [2.45, 2.75) is 71.6 Å². The van der Waals surface area contributed by atoms with E-state index in [4.69, 9.17) is 13.8 Å². The Kier molecular flexibility index (Phi) is 15.1. The Bertz CT molecular complexity index is 452. The van der Waals surface area contributed by atoms with Crippen LogP contribution in [0.4, 0.5) is 0 Å².